The summed E-state index contributed by atoms with van der Waals surface area (Å²) in [6, 6.07) is 13.5. The van der Waals surface area contributed by atoms with Crippen molar-refractivity contribution < 1.29 is 29.3 Å². The highest BCUT2D eigenvalue weighted by atomic mass is 16.5. The molecule has 1 aliphatic rings. The molecule has 7 nitrogen and oxygen atoms in total. The molecule has 0 amide bonds. The monoisotopic (exact) mass is 609 g/mol. The van der Waals surface area contributed by atoms with Gasteiger partial charge in [0.05, 0.1) is 17.3 Å². The first-order chi connectivity index (χ1) is 21.0. The molecule has 2 atom stereocenters. The summed E-state index contributed by atoms with van der Waals surface area (Å²) in [6.45, 7) is 17.8. The Hall–Kier alpha value is -4.65. The van der Waals surface area contributed by atoms with Crippen LogP contribution < -0.4 is 10.1 Å². The van der Waals surface area contributed by atoms with E-state index in [0.717, 1.165) is 22.3 Å². The number of anilines is 1. The molecule has 0 saturated heterocycles. The van der Waals surface area contributed by atoms with Crippen molar-refractivity contribution in [1.29, 1.82) is 0 Å². The maximum atomic E-state index is 13.7. The van der Waals surface area contributed by atoms with Gasteiger partial charge < -0.3 is 20.3 Å². The van der Waals surface area contributed by atoms with Crippen LogP contribution in [0.1, 0.15) is 103 Å². The van der Waals surface area contributed by atoms with Gasteiger partial charge in [-0.1, -0.05) is 110 Å². The highest BCUT2D eigenvalue weighted by molar-refractivity contribution is 6.09. The van der Waals surface area contributed by atoms with Crippen molar-refractivity contribution in [2.75, 3.05) is 5.32 Å². The molecule has 0 fully saturated rings. The second kappa shape index (κ2) is 12.8. The maximum absolute atomic E-state index is 13.7. The van der Waals surface area contributed by atoms with E-state index in [1.807, 2.05) is 30.4 Å². The van der Waals surface area contributed by atoms with E-state index in [0.29, 0.717) is 29.2 Å². The van der Waals surface area contributed by atoms with Gasteiger partial charge in [0, 0.05) is 23.5 Å². The Morgan fingerprint density at radius 1 is 1.00 bits per heavy atom. The summed E-state index contributed by atoms with van der Waals surface area (Å²) in [5.74, 6) is -1.92. The molecule has 2 unspecified atom stereocenters. The lowest BCUT2D eigenvalue weighted by atomic mass is 9.78. The molecule has 236 valence electrons. The number of aryl methyl sites for hydroxylation is 1. The van der Waals surface area contributed by atoms with Crippen LogP contribution in [0.2, 0.25) is 0 Å². The minimum Gasteiger partial charge on any atom is -0.507 e. The number of benzene rings is 3. The normalized spacial score (nSPS) is 15.0. The number of carboxylic acid groups (broad SMARTS) is 1. The number of carboxylic acids is 1. The number of aromatic carboxylic acids is 1. The second-order valence-electron chi connectivity index (χ2n) is 13.7. The molecule has 3 N–H and O–H groups in total. The third kappa shape index (κ3) is 7.19. The van der Waals surface area contributed by atoms with Crippen molar-refractivity contribution in [3.63, 3.8) is 0 Å². The van der Waals surface area contributed by atoms with E-state index in [2.05, 4.69) is 53.4 Å². The number of fused-ring (bicyclic) bond motifs is 1. The van der Waals surface area contributed by atoms with Gasteiger partial charge in [-0.25, -0.2) is 4.79 Å². The van der Waals surface area contributed by atoms with E-state index < -0.39 is 23.9 Å². The van der Waals surface area contributed by atoms with Crippen LogP contribution in [-0.4, -0.2) is 34.0 Å². The van der Waals surface area contributed by atoms with Crippen molar-refractivity contribution in [2.24, 2.45) is 5.92 Å². The average molecular weight is 610 g/mol. The van der Waals surface area contributed by atoms with E-state index >= 15 is 0 Å². The summed E-state index contributed by atoms with van der Waals surface area (Å²) >= 11 is 0. The van der Waals surface area contributed by atoms with Gasteiger partial charge in [-0.15, -0.1) is 0 Å². The van der Waals surface area contributed by atoms with Gasteiger partial charge in [0.25, 0.3) is 0 Å². The number of phenols is 1. The first-order valence-corrected chi connectivity index (χ1v) is 15.2. The van der Waals surface area contributed by atoms with E-state index in [1.54, 1.807) is 31.2 Å². The second-order valence-corrected chi connectivity index (χ2v) is 13.7. The Balaban J connectivity index is 1.53. The number of rotatable bonds is 9. The molecule has 0 aliphatic carbocycles. The first kappa shape index (κ1) is 33.2. The zero-order valence-electron chi connectivity index (χ0n) is 27.2. The van der Waals surface area contributed by atoms with Gasteiger partial charge >= 0.3 is 11.9 Å². The fraction of sp³-hybridized carbons (Fsp3) is 0.342. The third-order valence-corrected chi connectivity index (χ3v) is 8.23. The van der Waals surface area contributed by atoms with Gasteiger partial charge in [-0.2, -0.15) is 0 Å². The summed E-state index contributed by atoms with van der Waals surface area (Å²) in [7, 11) is 0. The smallest absolute Gasteiger partial charge is 0.336 e. The van der Waals surface area contributed by atoms with E-state index in [9.17, 15) is 24.6 Å². The number of ether oxygens (including phenoxy) is 1. The summed E-state index contributed by atoms with van der Waals surface area (Å²) in [5.41, 5.74) is 3.97. The zero-order chi connectivity index (χ0) is 33.3. The molecule has 0 aromatic heterocycles. The van der Waals surface area contributed by atoms with E-state index in [4.69, 9.17) is 4.74 Å². The van der Waals surface area contributed by atoms with Gasteiger partial charge in [-0.05, 0) is 51.6 Å². The van der Waals surface area contributed by atoms with Crippen molar-refractivity contribution in [3.05, 3.63) is 100 Å². The molecule has 0 spiro atoms. The molecule has 0 radical (unpaired) electrons. The number of esters is 1. The zero-order valence-corrected chi connectivity index (χ0v) is 27.2. The Kier molecular flexibility index (Phi) is 9.43. The predicted octanol–water partition coefficient (Wildman–Crippen LogP) is 8.19. The van der Waals surface area contributed by atoms with Gasteiger partial charge in [0.2, 0.25) is 0 Å². The molecular weight excluding hydrogens is 566 g/mol. The fourth-order valence-corrected chi connectivity index (χ4v) is 5.63. The van der Waals surface area contributed by atoms with Gasteiger partial charge in [-0.3, -0.25) is 9.59 Å². The molecule has 3 aromatic carbocycles. The number of ketones is 1. The van der Waals surface area contributed by atoms with Crippen LogP contribution >= 0.6 is 0 Å². The lowest BCUT2D eigenvalue weighted by molar-refractivity contribution is -0.134. The van der Waals surface area contributed by atoms with E-state index in [-0.39, 0.29) is 34.2 Å². The van der Waals surface area contributed by atoms with Crippen molar-refractivity contribution in [3.8, 4) is 11.5 Å². The topological polar surface area (TPSA) is 113 Å². The highest BCUT2D eigenvalue weighted by Crippen LogP contribution is 2.40. The number of aromatic hydroxyl groups is 1. The number of hydrogen-bond acceptors (Lipinski definition) is 6. The van der Waals surface area contributed by atoms with Crippen LogP contribution in [0.3, 0.4) is 0 Å². The Morgan fingerprint density at radius 2 is 1.62 bits per heavy atom. The van der Waals surface area contributed by atoms with Crippen LogP contribution in [0, 0.1) is 5.92 Å². The summed E-state index contributed by atoms with van der Waals surface area (Å²) < 4.78 is 5.85. The molecular formula is C38H43NO6. The number of hydrogen-bond donors (Lipinski definition) is 3. The standard InChI is InChI=1S/C38H43NO6/c1-9-24-12-10-14-26(36(43)44)32(24)34(41)22(2)29-18-17-25-13-11-15-30(33(25)39-29)45-31(40)19-16-23-20-27(37(3,4)5)35(42)28(21-23)38(6,7)8/h9-15,17-18,20-22,29,39,42H,1,16,19H2,2-8H3,(H,43,44). The third-order valence-electron chi connectivity index (χ3n) is 8.23. The van der Waals surface area contributed by atoms with E-state index in [1.165, 1.54) is 12.1 Å². The summed E-state index contributed by atoms with van der Waals surface area (Å²) in [6.07, 6.45) is 5.78. The predicted molar refractivity (Wildman–Crippen MR) is 179 cm³/mol. The Labute approximate surface area is 265 Å². The first-order valence-electron chi connectivity index (χ1n) is 15.2. The summed E-state index contributed by atoms with van der Waals surface area (Å²) in [5, 5.41) is 24.1. The number of nitrogens with one attached hydrogen (secondary N) is 1. The number of phenolic OH excluding ortho intramolecular Hbond substituents is 1. The molecule has 0 saturated carbocycles. The lowest BCUT2D eigenvalue weighted by Crippen LogP contribution is -2.34. The lowest BCUT2D eigenvalue weighted by Gasteiger charge is -2.28. The van der Waals surface area contributed by atoms with Gasteiger partial charge in [0.15, 0.2) is 11.5 Å². The fourth-order valence-electron chi connectivity index (χ4n) is 5.63. The molecule has 45 heavy (non-hydrogen) atoms. The largest absolute Gasteiger partial charge is 0.507 e. The summed E-state index contributed by atoms with van der Waals surface area (Å²) in [4.78, 5) is 38.7. The van der Waals surface area contributed by atoms with Crippen LogP contribution in [0.15, 0.2) is 61.2 Å². The average Bonchev–Trinajstić information content (AvgIpc) is 2.98. The Morgan fingerprint density at radius 3 is 2.20 bits per heavy atom. The molecule has 0 bridgehead atoms. The highest BCUT2D eigenvalue weighted by Gasteiger charge is 2.31. The maximum Gasteiger partial charge on any atom is 0.336 e. The van der Waals surface area contributed by atoms with Crippen LogP contribution in [0.4, 0.5) is 5.69 Å². The number of carbonyl (C=O) groups is 3. The van der Waals surface area contributed by atoms with Crippen LogP contribution in [-0.2, 0) is 22.0 Å². The Bertz CT molecular complexity index is 1650. The number of carbonyl (C=O) groups excluding carboxylic acids is 2. The van der Waals surface area contributed by atoms with Crippen molar-refractivity contribution in [2.45, 2.75) is 78.2 Å². The molecule has 4 rings (SSSR count). The van der Waals surface area contributed by atoms with Crippen LogP contribution in [0.25, 0.3) is 12.2 Å². The SMILES string of the molecule is C=Cc1cccc(C(=O)O)c1C(=O)C(C)C1C=Cc2cccc(OC(=O)CCc3cc(C(C)(C)C)c(O)c(C(C)(C)C)c3)c2N1. The number of para-hydroxylation sites is 1. The molecule has 1 heterocycles. The molecule has 1 aliphatic heterocycles. The minimum absolute atomic E-state index is 0.0723. The van der Waals surface area contributed by atoms with Gasteiger partial charge in [0.1, 0.15) is 5.75 Å². The van der Waals surface area contributed by atoms with Crippen molar-refractivity contribution in [1.82, 2.24) is 0 Å². The number of Topliss-reactive ketones (excluding diaryl/α,β-unsaturated/α-hetero) is 1. The molecule has 7 heteroatoms. The van der Waals surface area contributed by atoms with Crippen LogP contribution in [0.5, 0.6) is 11.5 Å². The molecule has 3 aromatic rings. The quantitative estimate of drug-likeness (QED) is 0.127. The van der Waals surface area contributed by atoms with Crippen molar-refractivity contribution >= 4 is 35.6 Å². The minimum atomic E-state index is -1.18.